The number of carbonyl (C=O) groups is 1. The van der Waals surface area contributed by atoms with E-state index in [1.807, 2.05) is 26.1 Å². The minimum atomic E-state index is 0.0232. The third kappa shape index (κ3) is 2.26. The summed E-state index contributed by atoms with van der Waals surface area (Å²) in [7, 11) is 1.86. The fourth-order valence-electron chi connectivity index (χ4n) is 2.57. The van der Waals surface area contributed by atoms with Gasteiger partial charge in [-0.25, -0.2) is 4.98 Å². The second kappa shape index (κ2) is 5.05. The molecule has 1 amide bonds. The van der Waals surface area contributed by atoms with Crippen molar-refractivity contribution in [3.63, 3.8) is 0 Å². The third-order valence-electron chi connectivity index (χ3n) is 4.03. The van der Waals surface area contributed by atoms with Crippen LogP contribution in [0.5, 0.6) is 0 Å². The number of hydrogen-bond acceptors (Lipinski definition) is 4. The zero-order valence-electron chi connectivity index (χ0n) is 11.8. The van der Waals surface area contributed by atoms with Crippen molar-refractivity contribution in [2.45, 2.75) is 26.2 Å². The van der Waals surface area contributed by atoms with Gasteiger partial charge < -0.3 is 10.6 Å². The van der Waals surface area contributed by atoms with Crippen LogP contribution in [0.2, 0.25) is 0 Å². The molecule has 0 radical (unpaired) electrons. The van der Waals surface area contributed by atoms with Crippen molar-refractivity contribution in [2.24, 2.45) is 5.92 Å². The largest absolute Gasteiger partial charge is 0.397 e. The van der Waals surface area contributed by atoms with Crippen LogP contribution >= 0.6 is 11.3 Å². The first-order chi connectivity index (χ1) is 9.56. The van der Waals surface area contributed by atoms with Gasteiger partial charge in [-0.05, 0) is 37.8 Å². The van der Waals surface area contributed by atoms with Gasteiger partial charge in [-0.2, -0.15) is 0 Å². The number of thiophene rings is 1. The molecule has 2 heterocycles. The monoisotopic (exact) mass is 289 g/mol. The summed E-state index contributed by atoms with van der Waals surface area (Å²) in [6, 6.07) is 3.88. The molecule has 2 aromatic heterocycles. The predicted molar refractivity (Wildman–Crippen MR) is 83.1 cm³/mol. The van der Waals surface area contributed by atoms with Crippen molar-refractivity contribution < 1.29 is 4.79 Å². The van der Waals surface area contributed by atoms with E-state index < -0.39 is 0 Å². The van der Waals surface area contributed by atoms with Crippen molar-refractivity contribution in [3.8, 4) is 0 Å². The summed E-state index contributed by atoms with van der Waals surface area (Å²) in [6.45, 7) is 2.78. The quantitative estimate of drug-likeness (QED) is 0.944. The van der Waals surface area contributed by atoms with E-state index in [0.29, 0.717) is 16.5 Å². The predicted octanol–water partition coefficient (Wildman–Crippen LogP) is 3.06. The summed E-state index contributed by atoms with van der Waals surface area (Å²) in [4.78, 5) is 20.3. The van der Waals surface area contributed by atoms with Crippen LogP contribution in [0.4, 0.5) is 5.69 Å². The number of carbonyl (C=O) groups excluding carboxylic acids is 1. The molecule has 20 heavy (non-hydrogen) atoms. The van der Waals surface area contributed by atoms with Gasteiger partial charge in [-0.15, -0.1) is 11.3 Å². The number of nitrogens with zero attached hydrogens (tertiary/aromatic N) is 2. The number of nitrogen functional groups attached to an aromatic ring is 1. The molecule has 0 saturated heterocycles. The van der Waals surface area contributed by atoms with Crippen LogP contribution in [0, 0.1) is 12.8 Å². The molecule has 1 aliphatic carbocycles. The molecule has 0 spiro atoms. The fraction of sp³-hybridized carbons (Fsp3) is 0.467. The maximum Gasteiger partial charge on any atom is 0.265 e. The molecule has 1 fully saturated rings. The molecule has 0 unspecified atom stereocenters. The SMILES string of the molecule is Cc1ccc2c(N)c(C(=O)N(C)CC3CCC3)sc2n1. The molecule has 0 aliphatic heterocycles. The molecular weight excluding hydrogens is 270 g/mol. The summed E-state index contributed by atoms with van der Waals surface area (Å²) in [5.74, 6) is 0.690. The van der Waals surface area contributed by atoms with Crippen molar-refractivity contribution in [1.29, 1.82) is 0 Å². The Balaban J connectivity index is 1.88. The van der Waals surface area contributed by atoms with E-state index in [1.165, 1.54) is 30.6 Å². The summed E-state index contributed by atoms with van der Waals surface area (Å²) < 4.78 is 0. The minimum absolute atomic E-state index is 0.0232. The molecule has 5 heteroatoms. The Bertz CT molecular complexity index is 660. The lowest BCUT2D eigenvalue weighted by atomic mass is 9.85. The van der Waals surface area contributed by atoms with Crippen LogP contribution in [0.1, 0.15) is 34.6 Å². The van der Waals surface area contributed by atoms with E-state index in [4.69, 9.17) is 5.73 Å². The number of fused-ring (bicyclic) bond motifs is 1. The average Bonchev–Trinajstić information content (AvgIpc) is 2.69. The summed E-state index contributed by atoms with van der Waals surface area (Å²) >= 11 is 1.40. The third-order valence-corrected chi connectivity index (χ3v) is 5.13. The number of aromatic nitrogens is 1. The zero-order valence-corrected chi connectivity index (χ0v) is 12.7. The van der Waals surface area contributed by atoms with Gasteiger partial charge in [0.2, 0.25) is 0 Å². The topological polar surface area (TPSA) is 59.2 Å². The van der Waals surface area contributed by atoms with Gasteiger partial charge >= 0.3 is 0 Å². The number of amides is 1. The Morgan fingerprint density at radius 1 is 1.50 bits per heavy atom. The molecule has 1 aliphatic rings. The van der Waals surface area contributed by atoms with Crippen molar-refractivity contribution in [3.05, 3.63) is 22.7 Å². The Kier molecular flexibility index (Phi) is 3.38. The van der Waals surface area contributed by atoms with Gasteiger partial charge in [0.1, 0.15) is 9.71 Å². The Morgan fingerprint density at radius 2 is 2.25 bits per heavy atom. The molecule has 0 bridgehead atoms. The molecule has 0 aromatic carbocycles. The van der Waals surface area contributed by atoms with Gasteiger partial charge in [0.25, 0.3) is 5.91 Å². The highest BCUT2D eigenvalue weighted by Crippen LogP contribution is 2.34. The molecule has 3 rings (SSSR count). The molecule has 106 valence electrons. The average molecular weight is 289 g/mol. The Hall–Kier alpha value is -1.62. The highest BCUT2D eigenvalue weighted by atomic mass is 32.1. The summed E-state index contributed by atoms with van der Waals surface area (Å²) in [5.41, 5.74) is 7.65. The number of rotatable bonds is 3. The zero-order chi connectivity index (χ0) is 14.3. The van der Waals surface area contributed by atoms with Gasteiger partial charge in [0.05, 0.1) is 5.69 Å². The van der Waals surface area contributed by atoms with Crippen LogP contribution in [0.15, 0.2) is 12.1 Å². The van der Waals surface area contributed by atoms with E-state index in [-0.39, 0.29) is 5.91 Å². The molecule has 0 atom stereocenters. The Morgan fingerprint density at radius 3 is 2.90 bits per heavy atom. The van der Waals surface area contributed by atoms with Crippen LogP contribution < -0.4 is 5.73 Å². The van der Waals surface area contributed by atoms with E-state index in [1.54, 1.807) is 4.90 Å². The highest BCUT2D eigenvalue weighted by Gasteiger charge is 2.25. The van der Waals surface area contributed by atoms with Gasteiger partial charge in [-0.1, -0.05) is 6.42 Å². The molecule has 2 N–H and O–H groups in total. The second-order valence-electron chi connectivity index (χ2n) is 5.63. The first-order valence-electron chi connectivity index (χ1n) is 6.97. The van der Waals surface area contributed by atoms with Gasteiger partial charge in [0, 0.05) is 24.7 Å². The van der Waals surface area contributed by atoms with E-state index in [2.05, 4.69) is 4.98 Å². The standard InChI is InChI=1S/C15H19N3OS/c1-9-6-7-11-12(16)13(20-14(11)17-9)15(19)18(2)8-10-4-3-5-10/h6-7,10H,3-5,8,16H2,1-2H3. The number of hydrogen-bond donors (Lipinski definition) is 1. The second-order valence-corrected chi connectivity index (χ2v) is 6.63. The van der Waals surface area contributed by atoms with Crippen LogP contribution in [0.3, 0.4) is 0 Å². The molecule has 2 aromatic rings. The molecular formula is C15H19N3OS. The number of aryl methyl sites for hydroxylation is 1. The lowest BCUT2D eigenvalue weighted by Gasteiger charge is -2.30. The molecule has 1 saturated carbocycles. The smallest absolute Gasteiger partial charge is 0.265 e. The van der Waals surface area contributed by atoms with E-state index >= 15 is 0 Å². The normalized spacial score (nSPS) is 15.3. The maximum atomic E-state index is 12.5. The summed E-state index contributed by atoms with van der Waals surface area (Å²) in [6.07, 6.45) is 3.77. The van der Waals surface area contributed by atoms with E-state index in [9.17, 15) is 4.79 Å². The lowest BCUT2D eigenvalue weighted by Crippen LogP contribution is -2.34. The maximum absolute atomic E-state index is 12.5. The number of nitrogens with two attached hydrogens (primary N) is 1. The van der Waals surface area contributed by atoms with Gasteiger partial charge in [-0.3, -0.25) is 4.79 Å². The lowest BCUT2D eigenvalue weighted by molar-refractivity contribution is 0.0751. The van der Waals surface area contributed by atoms with Crippen LogP contribution in [0.25, 0.3) is 10.2 Å². The minimum Gasteiger partial charge on any atom is -0.397 e. The Labute approximate surface area is 122 Å². The van der Waals surface area contributed by atoms with Crippen molar-refractivity contribution in [1.82, 2.24) is 9.88 Å². The van der Waals surface area contributed by atoms with Crippen LogP contribution in [-0.2, 0) is 0 Å². The first kappa shape index (κ1) is 13.4. The highest BCUT2D eigenvalue weighted by molar-refractivity contribution is 7.21. The molecule has 4 nitrogen and oxygen atoms in total. The summed E-state index contributed by atoms with van der Waals surface area (Å²) in [5, 5.41) is 0.890. The first-order valence-corrected chi connectivity index (χ1v) is 7.79. The number of anilines is 1. The van der Waals surface area contributed by atoms with Crippen molar-refractivity contribution >= 4 is 33.1 Å². The van der Waals surface area contributed by atoms with E-state index in [0.717, 1.165) is 22.5 Å². The van der Waals surface area contributed by atoms with Crippen LogP contribution in [-0.4, -0.2) is 29.4 Å². The number of pyridine rings is 1. The van der Waals surface area contributed by atoms with Gasteiger partial charge in [0.15, 0.2) is 0 Å². The van der Waals surface area contributed by atoms with Crippen molar-refractivity contribution in [2.75, 3.05) is 19.3 Å². The fourth-order valence-corrected chi connectivity index (χ4v) is 3.70.